The van der Waals surface area contributed by atoms with Crippen LogP contribution < -0.4 is 49.0 Å². The Morgan fingerprint density at radius 3 is 1.87 bits per heavy atom. The van der Waals surface area contributed by atoms with Gasteiger partial charge in [0.15, 0.2) is 0 Å². The van der Waals surface area contributed by atoms with E-state index in [1.165, 1.54) is 27.3 Å². The van der Waals surface area contributed by atoms with Crippen LogP contribution in [0, 0.1) is 0 Å². The smallest absolute Gasteiger partial charge is 0.146 e. The molecule has 0 spiro atoms. The van der Waals surface area contributed by atoms with Crippen molar-refractivity contribution < 1.29 is 10.2 Å². The lowest BCUT2D eigenvalue weighted by Gasteiger charge is -2.23. The van der Waals surface area contributed by atoms with Gasteiger partial charge in [-0.3, -0.25) is 0 Å². The minimum Gasteiger partial charge on any atom is -0.508 e. The van der Waals surface area contributed by atoms with E-state index in [1.807, 2.05) is 28.8 Å². The van der Waals surface area contributed by atoms with E-state index in [0.717, 1.165) is 53.4 Å². The lowest BCUT2D eigenvalue weighted by molar-refractivity contribution is 0.480. The Kier molecular flexibility index (Phi) is 5.28. The third kappa shape index (κ3) is 2.91. The SMILES string of the molecule is Bc1c(B)c(B)c(-c2cc(O)c(B)c3sc4c(O)c(B)c(B)c(B)c4c23)c(NC)c1B. The molecule has 3 N–H and O–H groups in total. The Hall–Kier alpha value is -2.20. The van der Waals surface area contributed by atoms with Gasteiger partial charge >= 0.3 is 0 Å². The minimum atomic E-state index is 0.289. The molecular formula is C19H23B8NO2S. The third-order valence-electron chi connectivity index (χ3n) is 7.46. The summed E-state index contributed by atoms with van der Waals surface area (Å²) in [5.74, 6) is 0.642. The van der Waals surface area contributed by atoms with Crippen LogP contribution in [0.5, 0.6) is 11.5 Å². The molecule has 3 aromatic carbocycles. The van der Waals surface area contributed by atoms with Gasteiger partial charge in [-0.05, 0) is 28.0 Å². The number of thiophene rings is 1. The van der Waals surface area contributed by atoms with Crippen LogP contribution in [-0.4, -0.2) is 80.0 Å². The quantitative estimate of drug-likeness (QED) is 0.285. The molecule has 0 fully saturated rings. The average molecular weight is 416 g/mol. The Labute approximate surface area is 194 Å². The molecule has 0 saturated carbocycles. The molecule has 31 heavy (non-hydrogen) atoms. The van der Waals surface area contributed by atoms with E-state index >= 15 is 0 Å². The minimum absolute atomic E-state index is 0.289. The van der Waals surface area contributed by atoms with Gasteiger partial charge in [0.2, 0.25) is 0 Å². The summed E-state index contributed by atoms with van der Waals surface area (Å²) in [6.45, 7) is 0. The molecule has 0 saturated heterocycles. The van der Waals surface area contributed by atoms with Gasteiger partial charge in [-0.1, -0.05) is 32.8 Å². The molecule has 0 aliphatic carbocycles. The molecular weight excluding hydrogens is 393 g/mol. The fourth-order valence-corrected chi connectivity index (χ4v) is 6.27. The van der Waals surface area contributed by atoms with Crippen LogP contribution in [0.25, 0.3) is 31.3 Å². The standard InChI is InChI=1S/C19H23B8NO2S/c1-28-16-6(9(21)11(23)13(25)14(16)26)3-2-4(29)8(20)18-5(3)7-10(22)12(24)15(27)17(30)19(7)31-18/h2,28-30H,20-27H2,1H3. The molecule has 12 heteroatoms. The Bertz CT molecular complexity index is 1430. The number of phenolic OH excluding ortho intramolecular Hbond substituents is 2. The highest BCUT2D eigenvalue weighted by Gasteiger charge is 2.24. The zero-order chi connectivity index (χ0) is 22.9. The zero-order valence-corrected chi connectivity index (χ0v) is 20.7. The number of aromatic hydroxyl groups is 2. The summed E-state index contributed by atoms with van der Waals surface area (Å²) in [6.07, 6.45) is 0. The van der Waals surface area contributed by atoms with Crippen molar-refractivity contribution in [1.29, 1.82) is 0 Å². The van der Waals surface area contributed by atoms with Crippen molar-refractivity contribution in [3.63, 3.8) is 0 Å². The first-order valence-corrected chi connectivity index (χ1v) is 11.5. The highest BCUT2D eigenvalue weighted by molar-refractivity contribution is 7.27. The monoisotopic (exact) mass is 417 g/mol. The van der Waals surface area contributed by atoms with Crippen molar-refractivity contribution in [3.05, 3.63) is 6.07 Å². The first-order valence-electron chi connectivity index (χ1n) is 10.7. The van der Waals surface area contributed by atoms with Crippen LogP contribution in [0.2, 0.25) is 0 Å². The summed E-state index contributed by atoms with van der Waals surface area (Å²) in [4.78, 5) is 0. The fraction of sp³-hybridized carbons (Fsp3) is 0.0526. The topological polar surface area (TPSA) is 52.5 Å². The van der Waals surface area contributed by atoms with Gasteiger partial charge in [-0.25, -0.2) is 0 Å². The van der Waals surface area contributed by atoms with E-state index in [2.05, 4.69) is 52.4 Å². The molecule has 1 heterocycles. The summed E-state index contributed by atoms with van der Waals surface area (Å²) in [5, 5.41) is 27.5. The van der Waals surface area contributed by atoms with E-state index in [4.69, 9.17) is 0 Å². The Balaban J connectivity index is 2.35. The average Bonchev–Trinajstić information content (AvgIpc) is 3.15. The van der Waals surface area contributed by atoms with Crippen molar-refractivity contribution in [2.75, 3.05) is 12.4 Å². The highest BCUT2D eigenvalue weighted by atomic mass is 32.1. The fourth-order valence-electron chi connectivity index (χ4n) is 4.89. The summed E-state index contributed by atoms with van der Waals surface area (Å²) in [5.41, 5.74) is 12.3. The van der Waals surface area contributed by atoms with Crippen LogP contribution in [-0.2, 0) is 0 Å². The van der Waals surface area contributed by atoms with Crippen LogP contribution in [0.3, 0.4) is 0 Å². The van der Waals surface area contributed by atoms with Gasteiger partial charge in [0.25, 0.3) is 0 Å². The lowest BCUT2D eigenvalue weighted by Crippen LogP contribution is -2.49. The number of anilines is 1. The van der Waals surface area contributed by atoms with Crippen molar-refractivity contribution in [2.24, 2.45) is 0 Å². The number of benzene rings is 3. The van der Waals surface area contributed by atoms with Crippen molar-refractivity contribution >= 4 is 144 Å². The molecule has 0 bridgehead atoms. The van der Waals surface area contributed by atoms with Gasteiger partial charge in [0.1, 0.15) is 74.3 Å². The lowest BCUT2D eigenvalue weighted by atomic mass is 9.63. The first-order chi connectivity index (χ1) is 14.5. The van der Waals surface area contributed by atoms with Gasteiger partial charge in [0, 0.05) is 22.8 Å². The van der Waals surface area contributed by atoms with Crippen LogP contribution >= 0.6 is 11.3 Å². The highest BCUT2D eigenvalue weighted by Crippen LogP contribution is 2.43. The van der Waals surface area contributed by atoms with Crippen LogP contribution in [0.15, 0.2) is 6.07 Å². The van der Waals surface area contributed by atoms with E-state index in [-0.39, 0.29) is 5.75 Å². The molecule has 0 aliphatic heterocycles. The van der Waals surface area contributed by atoms with E-state index in [9.17, 15) is 10.2 Å². The summed E-state index contributed by atoms with van der Waals surface area (Å²) >= 11 is 1.58. The largest absolute Gasteiger partial charge is 0.508 e. The number of fused-ring (bicyclic) bond motifs is 3. The first kappa shape index (κ1) is 22.0. The van der Waals surface area contributed by atoms with Crippen LogP contribution in [0.4, 0.5) is 5.69 Å². The van der Waals surface area contributed by atoms with Crippen molar-refractivity contribution in [2.45, 2.75) is 0 Å². The predicted octanol–water partition coefficient (Wildman–Crippen LogP) is -8.76. The number of hydrogen-bond acceptors (Lipinski definition) is 4. The molecule has 0 atom stereocenters. The van der Waals surface area contributed by atoms with Crippen LogP contribution in [0.1, 0.15) is 0 Å². The maximum absolute atomic E-state index is 11.0. The molecule has 4 rings (SSSR count). The maximum Gasteiger partial charge on any atom is 0.146 e. The Morgan fingerprint density at radius 2 is 1.26 bits per heavy atom. The second kappa shape index (κ2) is 7.44. The van der Waals surface area contributed by atoms with Crippen molar-refractivity contribution in [3.8, 4) is 22.6 Å². The van der Waals surface area contributed by atoms with Gasteiger partial charge in [-0.2, -0.15) is 0 Å². The number of hydrogen-bond donors (Lipinski definition) is 3. The summed E-state index contributed by atoms with van der Waals surface area (Å²) < 4.78 is 1.93. The zero-order valence-electron chi connectivity index (χ0n) is 19.9. The van der Waals surface area contributed by atoms with E-state index < -0.39 is 0 Å². The van der Waals surface area contributed by atoms with Gasteiger partial charge in [-0.15, -0.1) is 16.8 Å². The summed E-state index contributed by atoms with van der Waals surface area (Å²) in [7, 11) is 18.8. The molecule has 0 unspecified atom stereocenters. The summed E-state index contributed by atoms with van der Waals surface area (Å²) in [6, 6.07) is 1.91. The molecule has 1 aromatic heterocycles. The molecule has 4 aromatic rings. The molecule has 146 valence electrons. The predicted molar refractivity (Wildman–Crippen MR) is 163 cm³/mol. The van der Waals surface area contributed by atoms with E-state index in [1.54, 1.807) is 11.3 Å². The molecule has 3 nitrogen and oxygen atoms in total. The number of phenols is 2. The Morgan fingerprint density at radius 1 is 0.677 bits per heavy atom. The van der Waals surface area contributed by atoms with Gasteiger partial charge < -0.3 is 15.5 Å². The maximum atomic E-state index is 11.0. The molecule has 0 radical (unpaired) electrons. The molecule has 0 aliphatic rings. The van der Waals surface area contributed by atoms with E-state index in [0.29, 0.717) is 5.75 Å². The third-order valence-corrected chi connectivity index (χ3v) is 8.78. The number of nitrogens with one attached hydrogen (secondary N) is 1. The molecule has 0 amide bonds. The second-order valence-electron chi connectivity index (χ2n) is 8.80. The second-order valence-corrected chi connectivity index (χ2v) is 9.82. The number of rotatable bonds is 2. The van der Waals surface area contributed by atoms with Gasteiger partial charge in [0.05, 0.1) is 4.70 Å². The normalized spacial score (nSPS) is 11.4. The van der Waals surface area contributed by atoms with Crippen molar-refractivity contribution in [1.82, 2.24) is 0 Å².